The van der Waals surface area contributed by atoms with Gasteiger partial charge in [-0.1, -0.05) is 5.21 Å². The van der Waals surface area contributed by atoms with Gasteiger partial charge in [0.15, 0.2) is 11.2 Å². The van der Waals surface area contributed by atoms with Crippen molar-refractivity contribution < 1.29 is 14.6 Å². The number of ether oxygens (including phenoxy) is 1. The minimum atomic E-state index is -0.912. The minimum absolute atomic E-state index is 0.0653. The fourth-order valence-corrected chi connectivity index (χ4v) is 4.31. The first kappa shape index (κ1) is 22.9. The molecular formula is C23H31N7O3. The molecule has 4 rings (SSSR count). The number of anilines is 1. The highest BCUT2D eigenvalue weighted by molar-refractivity contribution is 5.79. The van der Waals surface area contributed by atoms with Crippen LogP contribution in [0.3, 0.4) is 0 Å². The van der Waals surface area contributed by atoms with Gasteiger partial charge in [0.25, 0.3) is 0 Å². The van der Waals surface area contributed by atoms with E-state index in [1.54, 1.807) is 36.7 Å². The van der Waals surface area contributed by atoms with Gasteiger partial charge in [0.1, 0.15) is 5.75 Å². The molecule has 0 saturated heterocycles. The van der Waals surface area contributed by atoms with Gasteiger partial charge in [-0.3, -0.25) is 4.79 Å². The summed E-state index contributed by atoms with van der Waals surface area (Å²) in [5, 5.41) is 21.8. The Morgan fingerprint density at radius 2 is 2.06 bits per heavy atom. The van der Waals surface area contributed by atoms with Gasteiger partial charge in [0.05, 0.1) is 24.1 Å². The number of carbonyl (C=O) groups is 1. The van der Waals surface area contributed by atoms with E-state index in [9.17, 15) is 9.90 Å². The first-order valence-corrected chi connectivity index (χ1v) is 11.3. The van der Waals surface area contributed by atoms with Crippen molar-refractivity contribution in [2.75, 3.05) is 25.5 Å². The first-order valence-electron chi connectivity index (χ1n) is 11.3. The van der Waals surface area contributed by atoms with Crippen LogP contribution in [-0.4, -0.2) is 72.7 Å². The average Bonchev–Trinajstić information content (AvgIpc) is 3.40. The number of hydrogen-bond donors (Lipinski definition) is 2. The molecule has 176 valence electrons. The lowest BCUT2D eigenvalue weighted by Gasteiger charge is -2.27. The van der Waals surface area contributed by atoms with Gasteiger partial charge in [0.2, 0.25) is 11.9 Å². The number of carbonyl (C=O) groups excluding carboxylic acids is 1. The number of aromatic nitrogens is 5. The SMILES string of the molecule is CCOc1ccc(-n2nnc3cnc(N[C@@H]4CC[C@@H](C(=O)N(C)CC(C)(C)O)C4)nc32)cc1. The van der Waals surface area contributed by atoms with Crippen LogP contribution >= 0.6 is 0 Å². The Kier molecular flexibility index (Phi) is 6.46. The van der Waals surface area contributed by atoms with E-state index in [1.165, 1.54) is 0 Å². The summed E-state index contributed by atoms with van der Waals surface area (Å²) < 4.78 is 7.17. The highest BCUT2D eigenvalue weighted by atomic mass is 16.5. The van der Waals surface area contributed by atoms with E-state index in [1.807, 2.05) is 31.2 Å². The molecule has 1 amide bonds. The third-order valence-corrected chi connectivity index (χ3v) is 5.70. The second kappa shape index (κ2) is 9.30. The molecule has 2 aromatic heterocycles. The highest BCUT2D eigenvalue weighted by Crippen LogP contribution is 2.29. The molecule has 0 radical (unpaired) electrons. The number of likely N-dealkylation sites (N-methyl/N-ethyl adjacent to an activating group) is 1. The van der Waals surface area contributed by atoms with Crippen LogP contribution in [0.5, 0.6) is 5.75 Å². The van der Waals surface area contributed by atoms with E-state index in [0.717, 1.165) is 24.3 Å². The molecule has 2 heterocycles. The zero-order chi connectivity index (χ0) is 23.6. The molecule has 1 aliphatic carbocycles. The van der Waals surface area contributed by atoms with Crippen molar-refractivity contribution >= 4 is 23.0 Å². The van der Waals surface area contributed by atoms with Gasteiger partial charge in [-0.05, 0) is 64.3 Å². The Balaban J connectivity index is 1.44. The molecule has 0 bridgehead atoms. The van der Waals surface area contributed by atoms with E-state index < -0.39 is 5.60 Å². The Morgan fingerprint density at radius 3 is 2.76 bits per heavy atom. The number of fused-ring (bicyclic) bond motifs is 1. The summed E-state index contributed by atoms with van der Waals surface area (Å²) in [6, 6.07) is 7.69. The molecule has 33 heavy (non-hydrogen) atoms. The van der Waals surface area contributed by atoms with Crippen molar-refractivity contribution in [1.82, 2.24) is 29.9 Å². The zero-order valence-corrected chi connectivity index (χ0v) is 19.5. The van der Waals surface area contributed by atoms with Gasteiger partial charge in [0, 0.05) is 25.6 Å². The van der Waals surface area contributed by atoms with Crippen molar-refractivity contribution in [2.24, 2.45) is 5.92 Å². The number of aliphatic hydroxyl groups is 1. The largest absolute Gasteiger partial charge is 0.494 e. The molecule has 10 nitrogen and oxygen atoms in total. The lowest BCUT2D eigenvalue weighted by atomic mass is 10.0. The quantitative estimate of drug-likeness (QED) is 0.534. The molecule has 10 heteroatoms. The standard InChI is InChI=1S/C23H31N7O3/c1-5-33-18-10-8-17(9-11-18)30-20-19(27-28-30)13-24-22(26-20)25-16-7-6-15(12-16)21(31)29(4)14-23(2,3)32/h8-11,13,15-16,32H,5-7,12,14H2,1-4H3,(H,24,25,26)/t15-,16-/m1/s1. The second-order valence-corrected chi connectivity index (χ2v) is 9.19. The summed E-state index contributed by atoms with van der Waals surface area (Å²) in [6.07, 6.45) is 4.00. The average molecular weight is 454 g/mol. The molecule has 0 spiro atoms. The smallest absolute Gasteiger partial charge is 0.225 e. The number of benzene rings is 1. The predicted molar refractivity (Wildman–Crippen MR) is 124 cm³/mol. The molecule has 2 atom stereocenters. The van der Waals surface area contributed by atoms with Gasteiger partial charge in [-0.15, -0.1) is 5.10 Å². The normalized spacial score (nSPS) is 18.5. The Hall–Kier alpha value is -3.27. The third-order valence-electron chi connectivity index (χ3n) is 5.70. The summed E-state index contributed by atoms with van der Waals surface area (Å²) in [6.45, 7) is 6.27. The number of rotatable bonds is 8. The Labute approximate surface area is 193 Å². The van der Waals surface area contributed by atoms with Gasteiger partial charge in [-0.25, -0.2) is 4.98 Å². The van der Waals surface area contributed by atoms with E-state index >= 15 is 0 Å². The number of nitrogens with one attached hydrogen (secondary N) is 1. The molecule has 1 aliphatic rings. The maximum absolute atomic E-state index is 12.8. The zero-order valence-electron chi connectivity index (χ0n) is 19.5. The van der Waals surface area contributed by atoms with Crippen LogP contribution in [0.4, 0.5) is 5.95 Å². The lowest BCUT2D eigenvalue weighted by Crippen LogP contribution is -2.42. The molecule has 0 aliphatic heterocycles. The van der Waals surface area contributed by atoms with Crippen molar-refractivity contribution in [2.45, 2.75) is 51.7 Å². The topological polar surface area (TPSA) is 118 Å². The van der Waals surface area contributed by atoms with Crippen molar-refractivity contribution in [3.63, 3.8) is 0 Å². The minimum Gasteiger partial charge on any atom is -0.494 e. The van der Waals surface area contributed by atoms with E-state index in [-0.39, 0.29) is 17.9 Å². The van der Waals surface area contributed by atoms with Gasteiger partial charge in [-0.2, -0.15) is 9.67 Å². The molecule has 0 unspecified atom stereocenters. The molecule has 1 aromatic carbocycles. The Morgan fingerprint density at radius 1 is 1.30 bits per heavy atom. The molecule has 1 fully saturated rings. The van der Waals surface area contributed by atoms with Crippen LogP contribution in [0.15, 0.2) is 30.5 Å². The van der Waals surface area contributed by atoms with Crippen molar-refractivity contribution in [3.05, 3.63) is 30.5 Å². The van der Waals surface area contributed by atoms with E-state index in [0.29, 0.717) is 36.7 Å². The summed E-state index contributed by atoms with van der Waals surface area (Å²) in [5.74, 6) is 1.27. The second-order valence-electron chi connectivity index (χ2n) is 9.19. The van der Waals surface area contributed by atoms with Crippen LogP contribution in [0.25, 0.3) is 16.9 Å². The molecule has 1 saturated carbocycles. The van der Waals surface area contributed by atoms with Crippen LogP contribution in [0.1, 0.15) is 40.0 Å². The van der Waals surface area contributed by atoms with Gasteiger partial charge < -0.3 is 20.1 Å². The van der Waals surface area contributed by atoms with Crippen molar-refractivity contribution in [3.8, 4) is 11.4 Å². The fraction of sp³-hybridized carbons (Fsp3) is 0.522. The predicted octanol–water partition coefficient (Wildman–Crippen LogP) is 2.42. The molecule has 3 aromatic rings. The lowest BCUT2D eigenvalue weighted by molar-refractivity contribution is -0.136. The number of amides is 1. The highest BCUT2D eigenvalue weighted by Gasteiger charge is 2.33. The maximum Gasteiger partial charge on any atom is 0.225 e. The monoisotopic (exact) mass is 453 g/mol. The summed E-state index contributed by atoms with van der Waals surface area (Å²) in [7, 11) is 1.74. The number of hydrogen-bond acceptors (Lipinski definition) is 8. The van der Waals surface area contributed by atoms with Crippen LogP contribution in [-0.2, 0) is 4.79 Å². The van der Waals surface area contributed by atoms with E-state index in [2.05, 4.69) is 25.6 Å². The summed E-state index contributed by atoms with van der Waals surface area (Å²) in [4.78, 5) is 23.4. The summed E-state index contributed by atoms with van der Waals surface area (Å²) >= 11 is 0. The summed E-state index contributed by atoms with van der Waals surface area (Å²) in [5.41, 5.74) is 1.12. The van der Waals surface area contributed by atoms with Crippen LogP contribution in [0.2, 0.25) is 0 Å². The maximum atomic E-state index is 12.8. The third kappa shape index (κ3) is 5.39. The van der Waals surface area contributed by atoms with Crippen molar-refractivity contribution in [1.29, 1.82) is 0 Å². The van der Waals surface area contributed by atoms with E-state index in [4.69, 9.17) is 4.74 Å². The van der Waals surface area contributed by atoms with Crippen LogP contribution in [0, 0.1) is 5.92 Å². The van der Waals surface area contributed by atoms with Gasteiger partial charge >= 0.3 is 0 Å². The number of nitrogens with zero attached hydrogens (tertiary/aromatic N) is 6. The molecule has 2 N–H and O–H groups in total. The Bertz CT molecular complexity index is 1110. The first-order chi connectivity index (χ1) is 15.7. The molecular weight excluding hydrogens is 422 g/mol. The fourth-order valence-electron chi connectivity index (χ4n) is 4.31. The van der Waals surface area contributed by atoms with Crippen LogP contribution < -0.4 is 10.1 Å².